The molecule has 1 aromatic heterocycles. The maximum Gasteiger partial charge on any atom is 0.262 e. The van der Waals surface area contributed by atoms with Gasteiger partial charge in [-0.3, -0.25) is 19.0 Å². The molecule has 0 atom stereocenters. The van der Waals surface area contributed by atoms with Gasteiger partial charge in [0.1, 0.15) is 12.4 Å². The van der Waals surface area contributed by atoms with Crippen LogP contribution in [-0.4, -0.2) is 35.6 Å². The number of carbonyl (C=O) groups excluding carboxylic acids is 2. The maximum atomic E-state index is 12.9. The van der Waals surface area contributed by atoms with Crippen LogP contribution in [0, 0.1) is 6.92 Å². The number of nitrogens with two attached hydrogens (primary N) is 1. The Morgan fingerprint density at radius 3 is 2.31 bits per heavy atom. The fourth-order valence-electron chi connectivity index (χ4n) is 2.91. The topological polar surface area (TPSA) is 126 Å². The van der Waals surface area contributed by atoms with Gasteiger partial charge in [0.05, 0.1) is 25.1 Å². The average molecular weight is 396 g/mol. The summed E-state index contributed by atoms with van der Waals surface area (Å²) in [6.07, 6.45) is 0. The van der Waals surface area contributed by atoms with E-state index in [1.807, 2.05) is 0 Å². The first kappa shape index (κ1) is 19.9. The van der Waals surface area contributed by atoms with E-state index in [1.54, 1.807) is 31.2 Å². The highest BCUT2D eigenvalue weighted by molar-refractivity contribution is 5.94. The number of aryl methyl sites for hydroxylation is 1. The molecule has 0 aliphatic rings. The molecular formula is C20H20N4O5. The molecule has 0 radical (unpaired) electrons. The smallest absolute Gasteiger partial charge is 0.262 e. The molecule has 0 saturated carbocycles. The summed E-state index contributed by atoms with van der Waals surface area (Å²) in [4.78, 5) is 40.9. The van der Waals surface area contributed by atoms with Crippen molar-refractivity contribution in [3.63, 3.8) is 0 Å². The van der Waals surface area contributed by atoms with Gasteiger partial charge < -0.3 is 20.5 Å². The predicted octanol–water partition coefficient (Wildman–Crippen LogP) is 1.46. The van der Waals surface area contributed by atoms with Crippen molar-refractivity contribution in [1.29, 1.82) is 0 Å². The number of carbonyl (C=O) groups is 2. The van der Waals surface area contributed by atoms with Gasteiger partial charge in [-0.15, -0.1) is 0 Å². The molecule has 0 fully saturated rings. The van der Waals surface area contributed by atoms with Gasteiger partial charge in [-0.2, -0.15) is 0 Å². The number of ether oxygens (including phenoxy) is 2. The third kappa shape index (κ3) is 4.03. The van der Waals surface area contributed by atoms with Crippen molar-refractivity contribution in [3.05, 3.63) is 58.1 Å². The van der Waals surface area contributed by atoms with E-state index in [-0.39, 0.29) is 12.1 Å². The quantitative estimate of drug-likeness (QED) is 0.650. The number of fused-ring (bicyclic) bond motifs is 1. The summed E-state index contributed by atoms with van der Waals surface area (Å²) in [5, 5.41) is 2.99. The number of amides is 2. The first-order valence-electron chi connectivity index (χ1n) is 8.67. The van der Waals surface area contributed by atoms with Crippen LogP contribution in [0.1, 0.15) is 16.2 Å². The number of hydrogen-bond acceptors (Lipinski definition) is 6. The van der Waals surface area contributed by atoms with Gasteiger partial charge in [-0.25, -0.2) is 4.98 Å². The second-order valence-electron chi connectivity index (χ2n) is 6.26. The van der Waals surface area contributed by atoms with E-state index in [0.29, 0.717) is 39.5 Å². The van der Waals surface area contributed by atoms with E-state index in [0.717, 1.165) is 0 Å². The van der Waals surface area contributed by atoms with E-state index in [9.17, 15) is 14.4 Å². The molecule has 0 aliphatic heterocycles. The van der Waals surface area contributed by atoms with Crippen LogP contribution in [-0.2, 0) is 11.3 Å². The first-order valence-corrected chi connectivity index (χ1v) is 8.67. The molecule has 9 nitrogen and oxygen atoms in total. The van der Waals surface area contributed by atoms with Crippen molar-refractivity contribution < 1.29 is 19.1 Å². The molecule has 3 N–H and O–H groups in total. The minimum Gasteiger partial charge on any atom is -0.493 e. The second-order valence-corrected chi connectivity index (χ2v) is 6.26. The number of primary amides is 1. The highest BCUT2D eigenvalue weighted by atomic mass is 16.5. The molecule has 2 amide bonds. The number of nitrogens with one attached hydrogen (secondary N) is 1. The Morgan fingerprint density at radius 1 is 1.10 bits per heavy atom. The number of methoxy groups -OCH3 is 2. The molecule has 150 valence electrons. The third-order valence-corrected chi connectivity index (χ3v) is 4.41. The van der Waals surface area contributed by atoms with E-state index in [1.165, 1.54) is 30.9 Å². The summed E-state index contributed by atoms with van der Waals surface area (Å²) in [7, 11) is 2.97. The van der Waals surface area contributed by atoms with Gasteiger partial charge >= 0.3 is 0 Å². The van der Waals surface area contributed by atoms with Crippen LogP contribution in [0.2, 0.25) is 0 Å². The van der Waals surface area contributed by atoms with Crippen molar-refractivity contribution in [1.82, 2.24) is 9.55 Å². The van der Waals surface area contributed by atoms with Gasteiger partial charge in [-0.05, 0) is 37.3 Å². The summed E-state index contributed by atoms with van der Waals surface area (Å²) in [5.41, 5.74) is 6.09. The van der Waals surface area contributed by atoms with Crippen molar-refractivity contribution in [2.24, 2.45) is 5.73 Å². The summed E-state index contributed by atoms with van der Waals surface area (Å²) < 4.78 is 11.8. The SMILES string of the molecule is COc1cc2nc(C)n(CC(=O)Nc3ccc(C(N)=O)cc3)c(=O)c2cc1OC. The van der Waals surface area contributed by atoms with Gasteiger partial charge in [0.2, 0.25) is 11.8 Å². The molecule has 0 unspecified atom stereocenters. The Hall–Kier alpha value is -3.88. The van der Waals surface area contributed by atoms with Crippen molar-refractivity contribution in [2.75, 3.05) is 19.5 Å². The van der Waals surface area contributed by atoms with Crippen LogP contribution in [0.3, 0.4) is 0 Å². The summed E-state index contributed by atoms with van der Waals surface area (Å²) in [5.74, 6) is 0.270. The van der Waals surface area contributed by atoms with Crippen molar-refractivity contribution in [2.45, 2.75) is 13.5 Å². The number of nitrogens with zero attached hydrogens (tertiary/aromatic N) is 2. The number of rotatable bonds is 6. The lowest BCUT2D eigenvalue weighted by atomic mass is 10.2. The zero-order chi connectivity index (χ0) is 21.1. The maximum absolute atomic E-state index is 12.9. The molecule has 0 saturated heterocycles. The molecule has 3 aromatic rings. The minimum atomic E-state index is -0.556. The van der Waals surface area contributed by atoms with Crippen LogP contribution >= 0.6 is 0 Å². The molecule has 0 aliphatic carbocycles. The normalized spacial score (nSPS) is 10.6. The van der Waals surface area contributed by atoms with Gasteiger partial charge in [-0.1, -0.05) is 0 Å². The summed E-state index contributed by atoms with van der Waals surface area (Å²) in [6, 6.07) is 9.29. The standard InChI is InChI=1S/C20H20N4O5/c1-11-22-15-9-17(29-3)16(28-2)8-14(15)20(27)24(11)10-18(25)23-13-6-4-12(5-7-13)19(21)26/h4-9H,10H2,1-3H3,(H2,21,26)(H,23,25). The second kappa shape index (κ2) is 8.01. The molecular weight excluding hydrogens is 376 g/mol. The van der Waals surface area contributed by atoms with Crippen LogP contribution in [0.25, 0.3) is 10.9 Å². The Balaban J connectivity index is 1.90. The van der Waals surface area contributed by atoms with Gasteiger partial charge in [0.15, 0.2) is 11.5 Å². The fourth-order valence-corrected chi connectivity index (χ4v) is 2.91. The lowest BCUT2D eigenvalue weighted by Crippen LogP contribution is -2.30. The van der Waals surface area contributed by atoms with E-state index in [2.05, 4.69) is 10.3 Å². The highest BCUT2D eigenvalue weighted by Crippen LogP contribution is 2.30. The summed E-state index contributed by atoms with van der Waals surface area (Å²) >= 11 is 0. The monoisotopic (exact) mass is 396 g/mol. The molecule has 3 rings (SSSR count). The lowest BCUT2D eigenvalue weighted by Gasteiger charge is -2.13. The zero-order valence-corrected chi connectivity index (χ0v) is 16.2. The van der Waals surface area contributed by atoms with Crippen molar-refractivity contribution in [3.8, 4) is 11.5 Å². The molecule has 29 heavy (non-hydrogen) atoms. The Bertz CT molecular complexity index is 1150. The zero-order valence-electron chi connectivity index (χ0n) is 16.2. The molecule has 1 heterocycles. The van der Waals surface area contributed by atoms with Gasteiger partial charge in [0.25, 0.3) is 5.56 Å². The number of aromatic nitrogens is 2. The Kier molecular flexibility index (Phi) is 5.49. The predicted molar refractivity (Wildman–Crippen MR) is 107 cm³/mol. The Morgan fingerprint density at radius 2 is 1.72 bits per heavy atom. The molecule has 9 heteroatoms. The lowest BCUT2D eigenvalue weighted by molar-refractivity contribution is -0.116. The fraction of sp³-hybridized carbons (Fsp3) is 0.200. The third-order valence-electron chi connectivity index (χ3n) is 4.41. The van der Waals surface area contributed by atoms with E-state index in [4.69, 9.17) is 15.2 Å². The number of anilines is 1. The van der Waals surface area contributed by atoms with Crippen LogP contribution in [0.4, 0.5) is 5.69 Å². The number of hydrogen-bond donors (Lipinski definition) is 2. The highest BCUT2D eigenvalue weighted by Gasteiger charge is 2.15. The number of benzene rings is 2. The van der Waals surface area contributed by atoms with Crippen molar-refractivity contribution >= 4 is 28.4 Å². The largest absolute Gasteiger partial charge is 0.493 e. The van der Waals surface area contributed by atoms with E-state index < -0.39 is 11.8 Å². The minimum absolute atomic E-state index is 0.223. The van der Waals surface area contributed by atoms with Crippen LogP contribution in [0.15, 0.2) is 41.2 Å². The summed E-state index contributed by atoms with van der Waals surface area (Å²) in [6.45, 7) is 1.42. The van der Waals surface area contributed by atoms with Gasteiger partial charge in [0, 0.05) is 17.3 Å². The van der Waals surface area contributed by atoms with Crippen LogP contribution < -0.4 is 26.1 Å². The van der Waals surface area contributed by atoms with Crippen LogP contribution in [0.5, 0.6) is 11.5 Å². The van der Waals surface area contributed by atoms with E-state index >= 15 is 0 Å². The molecule has 2 aromatic carbocycles. The first-order chi connectivity index (χ1) is 13.8. The molecule has 0 bridgehead atoms. The average Bonchev–Trinajstić information content (AvgIpc) is 2.70. The molecule has 0 spiro atoms. The Labute approximate surface area is 166 Å².